The number of nitrogens with two attached hydrogens (primary N) is 1. The van der Waals surface area contributed by atoms with Crippen molar-refractivity contribution in [1.82, 2.24) is 19.4 Å². The molecule has 3 aromatic rings. The number of aromatic nitrogens is 3. The van der Waals surface area contributed by atoms with Crippen molar-refractivity contribution in [1.29, 1.82) is 0 Å². The minimum absolute atomic E-state index is 0.136. The van der Waals surface area contributed by atoms with Crippen LogP contribution in [0.3, 0.4) is 0 Å². The normalized spacial score (nSPS) is 16.3. The maximum absolute atomic E-state index is 13.2. The van der Waals surface area contributed by atoms with E-state index >= 15 is 0 Å². The zero-order valence-electron chi connectivity index (χ0n) is 18.8. The summed E-state index contributed by atoms with van der Waals surface area (Å²) in [6, 6.07) is 9.35. The smallest absolute Gasteiger partial charge is 0.320 e. The lowest BCUT2D eigenvalue weighted by molar-refractivity contribution is -0.142. The van der Waals surface area contributed by atoms with Crippen molar-refractivity contribution >= 4 is 28.6 Å². The molecule has 1 unspecified atom stereocenters. The van der Waals surface area contributed by atoms with E-state index in [1.807, 2.05) is 29.2 Å². The molecule has 1 fully saturated rings. The van der Waals surface area contributed by atoms with Gasteiger partial charge in [-0.25, -0.2) is 4.98 Å². The molecule has 0 radical (unpaired) electrons. The molecular formula is C24H30N6O3. The van der Waals surface area contributed by atoms with Gasteiger partial charge in [-0.2, -0.15) is 4.98 Å². The summed E-state index contributed by atoms with van der Waals surface area (Å²) in [6.45, 7) is 4.63. The molecule has 0 aliphatic carbocycles. The molecule has 1 aliphatic heterocycles. The van der Waals surface area contributed by atoms with Crippen LogP contribution in [-0.4, -0.2) is 49.6 Å². The molecule has 9 heteroatoms. The first kappa shape index (κ1) is 22.7. The van der Waals surface area contributed by atoms with E-state index in [0.29, 0.717) is 42.8 Å². The Labute approximate surface area is 192 Å². The van der Waals surface area contributed by atoms with Gasteiger partial charge in [-0.1, -0.05) is 37.6 Å². The topological polar surface area (TPSA) is 126 Å². The van der Waals surface area contributed by atoms with Crippen LogP contribution in [0.1, 0.15) is 43.7 Å². The maximum atomic E-state index is 13.2. The van der Waals surface area contributed by atoms with Crippen molar-refractivity contribution in [2.75, 3.05) is 24.1 Å². The molecule has 174 valence electrons. The quantitative estimate of drug-likeness (QED) is 0.425. The molecule has 4 rings (SSSR count). The molecular weight excluding hydrogens is 420 g/mol. The van der Waals surface area contributed by atoms with E-state index in [1.165, 1.54) is 0 Å². The largest absolute Gasteiger partial charge is 0.480 e. The van der Waals surface area contributed by atoms with E-state index in [4.69, 9.17) is 5.73 Å². The maximum Gasteiger partial charge on any atom is 0.320 e. The Balaban J connectivity index is 1.53. The number of nitrogens with one attached hydrogen (secondary N) is 1. The SMILES string of the molecule is CCCCNc1nc(N)nc2ccn(Cc3ccc(CN4CCCC4C(=O)O)cc3)c(=O)c12. The minimum Gasteiger partial charge on any atom is -0.480 e. The number of hydrogen-bond donors (Lipinski definition) is 3. The molecule has 3 heterocycles. The lowest BCUT2D eigenvalue weighted by atomic mass is 10.1. The van der Waals surface area contributed by atoms with Crippen LogP contribution < -0.4 is 16.6 Å². The van der Waals surface area contributed by atoms with Gasteiger partial charge in [-0.15, -0.1) is 0 Å². The van der Waals surface area contributed by atoms with E-state index in [0.717, 1.165) is 36.9 Å². The highest BCUT2D eigenvalue weighted by molar-refractivity contribution is 5.89. The molecule has 0 bridgehead atoms. The average Bonchev–Trinajstić information content (AvgIpc) is 3.25. The van der Waals surface area contributed by atoms with Gasteiger partial charge in [0.25, 0.3) is 5.56 Å². The van der Waals surface area contributed by atoms with E-state index in [2.05, 4.69) is 22.2 Å². The predicted molar refractivity (Wildman–Crippen MR) is 128 cm³/mol. The van der Waals surface area contributed by atoms with Crippen LogP contribution in [0.2, 0.25) is 0 Å². The Hall–Kier alpha value is -3.46. The van der Waals surface area contributed by atoms with Crippen LogP contribution in [0.5, 0.6) is 0 Å². The number of nitrogens with zero attached hydrogens (tertiary/aromatic N) is 4. The summed E-state index contributed by atoms with van der Waals surface area (Å²) in [4.78, 5) is 35.1. The summed E-state index contributed by atoms with van der Waals surface area (Å²) in [5.41, 5.74) is 8.23. The van der Waals surface area contributed by atoms with Crippen molar-refractivity contribution < 1.29 is 9.90 Å². The highest BCUT2D eigenvalue weighted by atomic mass is 16.4. The third-order valence-corrected chi connectivity index (χ3v) is 6.07. The van der Waals surface area contributed by atoms with Gasteiger partial charge < -0.3 is 20.7 Å². The molecule has 4 N–H and O–H groups in total. The second kappa shape index (κ2) is 9.99. The Bertz CT molecular complexity index is 1190. The predicted octanol–water partition coefficient (Wildman–Crippen LogP) is 2.68. The van der Waals surface area contributed by atoms with Crippen LogP contribution in [0.25, 0.3) is 10.9 Å². The van der Waals surface area contributed by atoms with Gasteiger partial charge in [-0.05, 0) is 43.0 Å². The molecule has 2 aromatic heterocycles. The zero-order valence-corrected chi connectivity index (χ0v) is 18.8. The molecule has 1 aliphatic rings. The Kier molecular flexibility index (Phi) is 6.88. The van der Waals surface area contributed by atoms with Crippen molar-refractivity contribution in [2.24, 2.45) is 0 Å². The summed E-state index contributed by atoms with van der Waals surface area (Å²) < 4.78 is 1.64. The lowest BCUT2D eigenvalue weighted by Crippen LogP contribution is -2.35. The average molecular weight is 451 g/mol. The first-order chi connectivity index (χ1) is 16.0. The number of carboxylic acids is 1. The Morgan fingerprint density at radius 3 is 2.61 bits per heavy atom. The summed E-state index contributed by atoms with van der Waals surface area (Å²) in [7, 11) is 0. The molecule has 1 saturated heterocycles. The monoisotopic (exact) mass is 450 g/mol. The number of rotatable bonds is 9. The number of carboxylic acid groups (broad SMARTS) is 1. The van der Waals surface area contributed by atoms with Gasteiger partial charge in [0.15, 0.2) is 0 Å². The molecule has 0 saturated carbocycles. The molecule has 9 nitrogen and oxygen atoms in total. The highest BCUT2D eigenvalue weighted by Crippen LogP contribution is 2.21. The standard InChI is InChI=1S/C24H30N6O3/c1-2-3-11-26-21-20-18(27-24(25)28-21)10-13-30(22(20)31)15-17-8-6-16(7-9-17)14-29-12-4-5-19(29)23(32)33/h6-10,13,19H,2-5,11-12,14-15H2,1H3,(H,32,33)(H3,25,26,27,28). The third-order valence-electron chi connectivity index (χ3n) is 6.07. The van der Waals surface area contributed by atoms with Gasteiger partial charge in [0.2, 0.25) is 5.95 Å². The first-order valence-electron chi connectivity index (χ1n) is 11.4. The minimum atomic E-state index is -0.755. The van der Waals surface area contributed by atoms with Gasteiger partial charge in [0.05, 0.1) is 12.1 Å². The second-order valence-electron chi connectivity index (χ2n) is 8.50. The first-order valence-corrected chi connectivity index (χ1v) is 11.4. The molecule has 0 spiro atoms. The fourth-order valence-electron chi connectivity index (χ4n) is 4.31. The Morgan fingerprint density at radius 2 is 1.91 bits per heavy atom. The van der Waals surface area contributed by atoms with E-state index in [-0.39, 0.29) is 11.5 Å². The van der Waals surface area contributed by atoms with E-state index in [9.17, 15) is 14.7 Å². The number of nitrogen functional groups attached to an aromatic ring is 1. The molecule has 1 atom stereocenters. The summed E-state index contributed by atoms with van der Waals surface area (Å²) >= 11 is 0. The molecule has 0 amide bonds. The fraction of sp³-hybridized carbons (Fsp3) is 0.417. The number of unbranched alkanes of at least 4 members (excludes halogenated alkanes) is 1. The molecule has 33 heavy (non-hydrogen) atoms. The third kappa shape index (κ3) is 5.14. The van der Waals surface area contributed by atoms with Gasteiger partial charge in [0.1, 0.15) is 17.2 Å². The number of anilines is 2. The zero-order chi connectivity index (χ0) is 23.4. The number of aliphatic carboxylic acids is 1. The van der Waals surface area contributed by atoms with Crippen LogP contribution >= 0.6 is 0 Å². The number of fused-ring (bicyclic) bond motifs is 1. The van der Waals surface area contributed by atoms with Crippen LogP contribution in [0.4, 0.5) is 11.8 Å². The fourth-order valence-corrected chi connectivity index (χ4v) is 4.31. The second-order valence-corrected chi connectivity index (χ2v) is 8.50. The summed E-state index contributed by atoms with van der Waals surface area (Å²) in [6.07, 6.45) is 5.32. The van der Waals surface area contributed by atoms with E-state index < -0.39 is 12.0 Å². The van der Waals surface area contributed by atoms with Crippen LogP contribution in [-0.2, 0) is 17.9 Å². The van der Waals surface area contributed by atoms with Gasteiger partial charge >= 0.3 is 5.97 Å². The van der Waals surface area contributed by atoms with Gasteiger partial charge in [0, 0.05) is 19.3 Å². The molecule has 1 aromatic carbocycles. The van der Waals surface area contributed by atoms with Crippen LogP contribution in [0.15, 0.2) is 41.3 Å². The highest BCUT2D eigenvalue weighted by Gasteiger charge is 2.30. The number of benzene rings is 1. The van der Waals surface area contributed by atoms with Crippen molar-refractivity contribution in [2.45, 2.75) is 51.7 Å². The number of likely N-dealkylation sites (tertiary alicyclic amines) is 1. The Morgan fingerprint density at radius 1 is 1.18 bits per heavy atom. The van der Waals surface area contributed by atoms with Crippen molar-refractivity contribution in [3.05, 3.63) is 58.0 Å². The van der Waals surface area contributed by atoms with E-state index in [1.54, 1.807) is 16.8 Å². The number of hydrogen-bond acceptors (Lipinski definition) is 7. The van der Waals surface area contributed by atoms with Gasteiger partial charge in [-0.3, -0.25) is 14.5 Å². The van der Waals surface area contributed by atoms with Crippen LogP contribution in [0, 0.1) is 0 Å². The summed E-state index contributed by atoms with van der Waals surface area (Å²) in [5, 5.41) is 13.0. The lowest BCUT2D eigenvalue weighted by Gasteiger charge is -2.21. The van der Waals surface area contributed by atoms with Crippen molar-refractivity contribution in [3.63, 3.8) is 0 Å². The number of pyridine rings is 1. The van der Waals surface area contributed by atoms with Crippen molar-refractivity contribution in [3.8, 4) is 0 Å². The number of carbonyl (C=O) groups is 1. The summed E-state index contributed by atoms with van der Waals surface area (Å²) in [5.74, 6) is -0.147.